The smallest absolute Gasteiger partial charge is 0.115 e. The molecule has 4 rings (SSSR count). The third kappa shape index (κ3) is 2.16. The number of nitrogens with zero attached hydrogens (tertiary/aromatic N) is 3. The molecule has 1 radical (unpaired) electrons. The zero-order chi connectivity index (χ0) is 15.5. The largest absolute Gasteiger partial charge is 0.372 e. The van der Waals surface area contributed by atoms with E-state index in [0.29, 0.717) is 5.69 Å². The predicted octanol–water partition coefficient (Wildman–Crippen LogP) is 4.46. The number of pyridine rings is 1. The summed E-state index contributed by atoms with van der Waals surface area (Å²) in [6.45, 7) is 12.9. The molecule has 117 valence electrons. The third-order valence-electron chi connectivity index (χ3n) is 4.61. The van der Waals surface area contributed by atoms with E-state index in [9.17, 15) is 0 Å². The summed E-state index contributed by atoms with van der Waals surface area (Å²) in [6, 6.07) is 11.1. The van der Waals surface area contributed by atoms with Crippen LogP contribution in [0.15, 0.2) is 30.5 Å². The van der Waals surface area contributed by atoms with Crippen molar-refractivity contribution in [3.63, 3.8) is 0 Å². The van der Waals surface area contributed by atoms with E-state index in [2.05, 4.69) is 42.8 Å². The number of fused-ring (bicyclic) bond motifs is 5. The van der Waals surface area contributed by atoms with Gasteiger partial charge in [-0.05, 0) is 16.5 Å². The molecule has 2 aromatic carbocycles. The first-order valence-electron chi connectivity index (χ1n) is 7.38. The minimum atomic E-state index is 0. The molecule has 0 saturated heterocycles. The van der Waals surface area contributed by atoms with Gasteiger partial charge in [0.2, 0.25) is 0 Å². The molecule has 3 aromatic rings. The van der Waals surface area contributed by atoms with Crippen LogP contribution in [0, 0.1) is 12.6 Å². The molecule has 0 fully saturated rings. The molecule has 4 heteroatoms. The Balaban J connectivity index is 0.00000156. The summed E-state index contributed by atoms with van der Waals surface area (Å²) >= 11 is 0. The molecule has 1 aliphatic heterocycles. The van der Waals surface area contributed by atoms with Crippen LogP contribution in [-0.4, -0.2) is 18.6 Å². The van der Waals surface area contributed by atoms with Gasteiger partial charge in [0, 0.05) is 45.3 Å². The van der Waals surface area contributed by atoms with Crippen molar-refractivity contribution < 1.29 is 20.1 Å². The van der Waals surface area contributed by atoms with Crippen molar-refractivity contribution in [2.24, 2.45) is 0 Å². The zero-order valence-corrected chi connectivity index (χ0v) is 15.7. The van der Waals surface area contributed by atoms with Crippen LogP contribution in [0.1, 0.15) is 19.4 Å². The maximum Gasteiger partial charge on any atom is 0.115 e. The number of benzene rings is 2. The van der Waals surface area contributed by atoms with Crippen molar-refractivity contribution in [2.75, 3.05) is 18.5 Å². The van der Waals surface area contributed by atoms with E-state index in [1.165, 1.54) is 16.6 Å². The Labute approximate surface area is 149 Å². The van der Waals surface area contributed by atoms with Crippen molar-refractivity contribution in [3.8, 4) is 0 Å². The number of rotatable bonds is 0. The first-order valence-corrected chi connectivity index (χ1v) is 7.38. The van der Waals surface area contributed by atoms with Crippen LogP contribution in [0.25, 0.3) is 26.5 Å². The molecule has 0 N–H and O–H groups in total. The second-order valence-corrected chi connectivity index (χ2v) is 6.62. The molecule has 3 nitrogen and oxygen atoms in total. The number of hydrogen-bond acceptors (Lipinski definition) is 2. The summed E-state index contributed by atoms with van der Waals surface area (Å²) < 4.78 is 0. The minimum absolute atomic E-state index is 0. The summed E-state index contributed by atoms with van der Waals surface area (Å²) in [5.41, 5.74) is 4.26. The Morgan fingerprint density at radius 1 is 1.26 bits per heavy atom. The first kappa shape index (κ1) is 15.9. The fourth-order valence-corrected chi connectivity index (χ4v) is 3.76. The fraction of sp³-hybridized carbons (Fsp3) is 0.263. The van der Waals surface area contributed by atoms with E-state index in [4.69, 9.17) is 11.6 Å². The molecule has 1 aliphatic rings. The maximum absolute atomic E-state index is 7.33. The van der Waals surface area contributed by atoms with Gasteiger partial charge in [0.05, 0.1) is 12.3 Å². The molecule has 0 amide bonds. The van der Waals surface area contributed by atoms with Crippen molar-refractivity contribution >= 4 is 33.1 Å². The SMILES string of the molecule is [C-]#[N+]c1cc[c-]c2c1ccc1c3c(cnc12)N(C)CC3(C)C.[Ir]. The number of likely N-dealkylation sites (N-methyl/N-ethyl adjacent to an activating group) is 1. The first-order chi connectivity index (χ1) is 10.5. The molecular weight excluding hydrogens is 462 g/mol. The average Bonchev–Trinajstić information content (AvgIpc) is 2.75. The summed E-state index contributed by atoms with van der Waals surface area (Å²) in [5, 5.41) is 3.05. The van der Waals surface area contributed by atoms with Gasteiger partial charge in [-0.3, -0.25) is 4.85 Å². The van der Waals surface area contributed by atoms with Gasteiger partial charge < -0.3 is 9.88 Å². The standard InChI is InChI=1S/C19H16N3.Ir/c1-19(2)11-22(4)16-10-21-18-13-6-5-7-15(20-3)12(13)8-9-14(18)17(16)19;/h5,7-10H,11H2,1-2,4H3;/q-1;. The Bertz CT molecular complexity index is 970. The second kappa shape index (κ2) is 5.30. The van der Waals surface area contributed by atoms with Crippen molar-refractivity contribution in [1.82, 2.24) is 4.98 Å². The minimum Gasteiger partial charge on any atom is -0.372 e. The van der Waals surface area contributed by atoms with E-state index in [0.717, 1.165) is 22.8 Å². The number of hydrogen-bond donors (Lipinski definition) is 0. The molecule has 0 spiro atoms. The molecule has 0 saturated carbocycles. The summed E-state index contributed by atoms with van der Waals surface area (Å²) in [7, 11) is 2.12. The van der Waals surface area contributed by atoms with E-state index in [-0.39, 0.29) is 25.5 Å². The van der Waals surface area contributed by atoms with Gasteiger partial charge in [-0.25, -0.2) is 0 Å². The molecule has 1 aromatic heterocycles. The molecule has 0 aliphatic carbocycles. The Morgan fingerprint density at radius 2 is 2.00 bits per heavy atom. The van der Waals surface area contributed by atoms with Crippen molar-refractivity contribution in [1.29, 1.82) is 0 Å². The number of anilines is 1. The maximum atomic E-state index is 7.33. The van der Waals surface area contributed by atoms with Crippen molar-refractivity contribution in [3.05, 3.63) is 53.5 Å². The van der Waals surface area contributed by atoms with Gasteiger partial charge in [-0.15, -0.1) is 29.0 Å². The molecular formula is C19H16IrN3-. The van der Waals surface area contributed by atoms with Gasteiger partial charge in [-0.1, -0.05) is 19.9 Å². The van der Waals surface area contributed by atoms with Gasteiger partial charge >= 0.3 is 0 Å². The van der Waals surface area contributed by atoms with E-state index < -0.39 is 0 Å². The number of aromatic nitrogens is 1. The van der Waals surface area contributed by atoms with Crippen LogP contribution in [-0.2, 0) is 25.5 Å². The quantitative estimate of drug-likeness (QED) is 0.351. The molecule has 0 atom stereocenters. The predicted molar refractivity (Wildman–Crippen MR) is 90.6 cm³/mol. The Hall–Kier alpha value is -1.95. The van der Waals surface area contributed by atoms with Gasteiger partial charge in [0.25, 0.3) is 0 Å². The van der Waals surface area contributed by atoms with Gasteiger partial charge in [0.15, 0.2) is 0 Å². The Morgan fingerprint density at radius 3 is 2.74 bits per heavy atom. The topological polar surface area (TPSA) is 20.5 Å². The second-order valence-electron chi connectivity index (χ2n) is 6.62. The monoisotopic (exact) mass is 479 g/mol. The van der Waals surface area contributed by atoms with Crippen LogP contribution in [0.5, 0.6) is 0 Å². The van der Waals surface area contributed by atoms with Crippen LogP contribution >= 0.6 is 0 Å². The fourth-order valence-electron chi connectivity index (χ4n) is 3.76. The average molecular weight is 479 g/mol. The van der Waals surface area contributed by atoms with E-state index in [1.54, 1.807) is 0 Å². The molecule has 23 heavy (non-hydrogen) atoms. The van der Waals surface area contributed by atoms with Gasteiger partial charge in [0.1, 0.15) is 5.69 Å². The summed E-state index contributed by atoms with van der Waals surface area (Å²) in [5.74, 6) is 0. The van der Waals surface area contributed by atoms with Crippen LogP contribution in [0.2, 0.25) is 0 Å². The Kier molecular flexibility index (Phi) is 3.67. The third-order valence-corrected chi connectivity index (χ3v) is 4.61. The van der Waals surface area contributed by atoms with Crippen molar-refractivity contribution in [2.45, 2.75) is 19.3 Å². The van der Waals surface area contributed by atoms with Gasteiger partial charge in [-0.2, -0.15) is 6.07 Å². The zero-order valence-electron chi connectivity index (χ0n) is 13.3. The van der Waals surface area contributed by atoms with Crippen LogP contribution in [0.3, 0.4) is 0 Å². The normalized spacial score (nSPS) is 15.3. The molecule has 0 unspecified atom stereocenters. The molecule has 2 heterocycles. The van der Waals surface area contributed by atoms with Crippen LogP contribution in [0.4, 0.5) is 11.4 Å². The summed E-state index contributed by atoms with van der Waals surface area (Å²) in [6.07, 6.45) is 1.96. The summed E-state index contributed by atoms with van der Waals surface area (Å²) in [4.78, 5) is 10.6. The van der Waals surface area contributed by atoms with E-state index >= 15 is 0 Å². The van der Waals surface area contributed by atoms with E-state index in [1.807, 2.05) is 24.4 Å². The van der Waals surface area contributed by atoms with Crippen LogP contribution < -0.4 is 4.90 Å². The molecule has 0 bridgehead atoms.